The number of benzene rings is 1. The molecule has 1 saturated heterocycles. The third-order valence-corrected chi connectivity index (χ3v) is 5.98. The fourth-order valence-electron chi connectivity index (χ4n) is 4.16. The maximum atomic E-state index is 5.50. The number of morpholine rings is 1. The van der Waals surface area contributed by atoms with Crippen molar-refractivity contribution in [1.82, 2.24) is 15.1 Å². The number of nitrogens with zero attached hydrogens (tertiary/aromatic N) is 5. The molecule has 1 aromatic carbocycles. The molecular formula is C22H25N7O+. The fraction of sp³-hybridized carbons (Fsp3) is 0.364. The van der Waals surface area contributed by atoms with Crippen molar-refractivity contribution < 1.29 is 4.74 Å². The fourth-order valence-corrected chi connectivity index (χ4v) is 4.16. The summed E-state index contributed by atoms with van der Waals surface area (Å²) in [6.07, 6.45) is 8.48. The molecular weight excluding hydrogens is 378 g/mol. The van der Waals surface area contributed by atoms with E-state index in [1.54, 1.807) is 0 Å². The Morgan fingerprint density at radius 2 is 2.00 bits per heavy atom. The van der Waals surface area contributed by atoms with Crippen molar-refractivity contribution in [2.75, 3.05) is 48.0 Å². The van der Waals surface area contributed by atoms with Crippen molar-refractivity contribution in [3.05, 3.63) is 60.4 Å². The topological polar surface area (TPSA) is 74.7 Å². The Morgan fingerprint density at radius 3 is 2.87 bits per heavy atom. The van der Waals surface area contributed by atoms with Crippen LogP contribution in [0.25, 0.3) is 0 Å². The minimum absolute atomic E-state index is 0.650. The van der Waals surface area contributed by atoms with E-state index in [1.807, 2.05) is 12.4 Å². The third kappa shape index (κ3) is 3.38. The molecule has 8 nitrogen and oxygen atoms in total. The second-order valence-electron chi connectivity index (χ2n) is 8.08. The number of fused-ring (bicyclic) bond motifs is 1. The summed E-state index contributed by atoms with van der Waals surface area (Å²) in [5.41, 5.74) is 3.59. The first-order valence-corrected chi connectivity index (χ1v) is 10.6. The van der Waals surface area contributed by atoms with Crippen LogP contribution in [0.5, 0.6) is 0 Å². The molecule has 2 N–H and O–H groups in total. The molecule has 0 unspecified atom stereocenters. The number of H-pyrrole nitrogens is 1. The highest BCUT2D eigenvalue weighted by molar-refractivity contribution is 5.96. The predicted molar refractivity (Wildman–Crippen MR) is 118 cm³/mol. The zero-order valence-corrected chi connectivity index (χ0v) is 16.8. The van der Waals surface area contributed by atoms with Crippen LogP contribution in [0.4, 0.5) is 17.2 Å². The van der Waals surface area contributed by atoms with Crippen LogP contribution in [0.15, 0.2) is 59.7 Å². The van der Waals surface area contributed by atoms with E-state index in [4.69, 9.17) is 4.74 Å². The maximum absolute atomic E-state index is 5.50. The van der Waals surface area contributed by atoms with Crippen LogP contribution in [0.1, 0.15) is 24.5 Å². The lowest BCUT2D eigenvalue weighted by atomic mass is 10.2. The van der Waals surface area contributed by atoms with E-state index >= 15 is 0 Å². The number of nitrogens with one attached hydrogen (secondary N) is 2. The first-order valence-electron chi connectivity index (χ1n) is 10.6. The van der Waals surface area contributed by atoms with Gasteiger partial charge in [0, 0.05) is 42.1 Å². The van der Waals surface area contributed by atoms with Crippen molar-refractivity contribution in [1.29, 1.82) is 0 Å². The molecule has 2 fully saturated rings. The zero-order valence-electron chi connectivity index (χ0n) is 16.8. The van der Waals surface area contributed by atoms with E-state index in [0.29, 0.717) is 5.92 Å². The molecule has 1 aromatic heterocycles. The van der Waals surface area contributed by atoms with Crippen LogP contribution in [-0.2, 0) is 4.74 Å². The average molecular weight is 403 g/mol. The first-order chi connectivity index (χ1) is 14.8. The van der Waals surface area contributed by atoms with Crippen molar-refractivity contribution in [3.63, 3.8) is 0 Å². The van der Waals surface area contributed by atoms with Crippen LogP contribution >= 0.6 is 0 Å². The van der Waals surface area contributed by atoms with Crippen molar-refractivity contribution in [2.45, 2.75) is 18.8 Å². The van der Waals surface area contributed by atoms with Gasteiger partial charge in [-0.05, 0) is 35.9 Å². The molecule has 6 rings (SSSR count). The van der Waals surface area contributed by atoms with Gasteiger partial charge in [-0.15, -0.1) is 0 Å². The molecule has 0 atom stereocenters. The van der Waals surface area contributed by atoms with Crippen LogP contribution in [-0.4, -0.2) is 48.9 Å². The molecule has 153 valence electrons. The van der Waals surface area contributed by atoms with Gasteiger partial charge in [-0.25, -0.2) is 0 Å². The molecule has 8 heteroatoms. The highest BCUT2D eigenvalue weighted by Gasteiger charge is 2.38. The average Bonchev–Trinajstić information content (AvgIpc) is 3.34. The number of aliphatic imine (C=N–C) groups is 1. The van der Waals surface area contributed by atoms with E-state index in [9.17, 15) is 0 Å². The normalized spacial score (nSPS) is 21.5. The summed E-state index contributed by atoms with van der Waals surface area (Å²) in [7, 11) is 0. The molecule has 1 aliphatic carbocycles. The summed E-state index contributed by atoms with van der Waals surface area (Å²) >= 11 is 0. The predicted octanol–water partition coefficient (Wildman–Crippen LogP) is 2.88. The summed E-state index contributed by atoms with van der Waals surface area (Å²) < 4.78 is 5.50. The minimum atomic E-state index is 0.650. The number of hydrogen-bond acceptors (Lipinski definition) is 7. The summed E-state index contributed by atoms with van der Waals surface area (Å²) in [6, 6.07) is 10.8. The van der Waals surface area contributed by atoms with Gasteiger partial charge in [-0.3, -0.25) is 10.4 Å². The standard InChI is InChI=1S/C22H25N7O/c1-2-17(27-8-10-30-11-9-27)12-18(3-1)28-14-21-23-6-7-29(21)22(15-28)24-20-13-19(25-26-20)16-4-5-16/h1-3,6-7,12-13,15-16H,4-5,8-11,14H2,(H2,24,25,26)/q+1. The number of rotatable bonds is 5. The van der Waals surface area contributed by atoms with Gasteiger partial charge in [-0.1, -0.05) is 6.07 Å². The Labute approximate surface area is 175 Å². The largest absolute Gasteiger partial charge is 0.378 e. The Morgan fingerprint density at radius 1 is 1.13 bits per heavy atom. The van der Waals surface area contributed by atoms with E-state index in [2.05, 4.69) is 71.7 Å². The lowest BCUT2D eigenvalue weighted by Gasteiger charge is -2.30. The van der Waals surface area contributed by atoms with E-state index in [-0.39, 0.29) is 0 Å². The quantitative estimate of drug-likeness (QED) is 0.751. The van der Waals surface area contributed by atoms with E-state index < -0.39 is 0 Å². The summed E-state index contributed by atoms with van der Waals surface area (Å²) in [5.74, 6) is 3.43. The number of aromatic amines is 1. The summed E-state index contributed by atoms with van der Waals surface area (Å²) in [4.78, 5) is 11.3. The molecule has 0 spiro atoms. The number of ether oxygens (including phenoxy) is 1. The molecule has 0 amide bonds. The van der Waals surface area contributed by atoms with Crippen LogP contribution in [0.3, 0.4) is 0 Å². The van der Waals surface area contributed by atoms with E-state index in [1.165, 1.54) is 24.2 Å². The van der Waals surface area contributed by atoms with Crippen LogP contribution in [0.2, 0.25) is 0 Å². The number of anilines is 3. The highest BCUT2D eigenvalue weighted by atomic mass is 16.5. The Bertz CT molecular complexity index is 1030. The number of aromatic nitrogens is 2. The van der Waals surface area contributed by atoms with Gasteiger partial charge in [0.15, 0.2) is 12.0 Å². The summed E-state index contributed by atoms with van der Waals surface area (Å²) in [6.45, 7) is 4.15. The van der Waals surface area contributed by atoms with Crippen LogP contribution in [0, 0.1) is 0 Å². The molecule has 30 heavy (non-hydrogen) atoms. The Hall–Kier alpha value is -3.10. The molecule has 2 aromatic rings. The lowest BCUT2D eigenvalue weighted by Crippen LogP contribution is -2.45. The summed E-state index contributed by atoms with van der Waals surface area (Å²) in [5, 5.41) is 11.1. The van der Waals surface area contributed by atoms with Crippen molar-refractivity contribution >= 4 is 23.0 Å². The van der Waals surface area contributed by atoms with Gasteiger partial charge in [0.25, 0.3) is 11.7 Å². The van der Waals surface area contributed by atoms with Gasteiger partial charge in [0.1, 0.15) is 6.54 Å². The van der Waals surface area contributed by atoms with Gasteiger partial charge in [0.2, 0.25) is 0 Å². The van der Waals surface area contributed by atoms with Crippen molar-refractivity contribution in [2.24, 2.45) is 4.99 Å². The number of hydrogen-bond donors (Lipinski definition) is 2. The number of amidine groups is 1. The minimum Gasteiger partial charge on any atom is -0.378 e. The molecule has 1 saturated carbocycles. The van der Waals surface area contributed by atoms with E-state index in [0.717, 1.165) is 56.0 Å². The van der Waals surface area contributed by atoms with Gasteiger partial charge in [-0.2, -0.15) is 10.1 Å². The molecule has 3 aliphatic heterocycles. The lowest BCUT2D eigenvalue weighted by molar-refractivity contribution is 0.122. The maximum Gasteiger partial charge on any atom is 0.284 e. The second kappa shape index (κ2) is 7.30. The van der Waals surface area contributed by atoms with Gasteiger partial charge in [0.05, 0.1) is 25.6 Å². The Kier molecular flexibility index (Phi) is 4.32. The first kappa shape index (κ1) is 17.7. The molecule has 0 bridgehead atoms. The third-order valence-electron chi connectivity index (χ3n) is 5.98. The smallest absolute Gasteiger partial charge is 0.284 e. The highest BCUT2D eigenvalue weighted by Crippen LogP contribution is 2.39. The van der Waals surface area contributed by atoms with Crippen molar-refractivity contribution in [3.8, 4) is 0 Å². The SMILES string of the molecule is C1=C[N+]2C(Nc3cc(C4CC4)[nH]n3)=CN(c3cccc(N4CCOCC4)c3)CC2=N1. The molecule has 4 heterocycles. The molecule has 1 radical (unpaired) electrons. The van der Waals surface area contributed by atoms with Gasteiger partial charge >= 0.3 is 0 Å². The van der Waals surface area contributed by atoms with Crippen LogP contribution < -0.4 is 20.0 Å². The molecule has 4 aliphatic rings. The van der Waals surface area contributed by atoms with Gasteiger partial charge < -0.3 is 14.5 Å². The Balaban J connectivity index is 1.28. The monoisotopic (exact) mass is 403 g/mol. The zero-order chi connectivity index (χ0) is 19.9. The second-order valence-corrected chi connectivity index (χ2v) is 8.08.